The summed E-state index contributed by atoms with van der Waals surface area (Å²) in [6.07, 6.45) is 0.679. The van der Waals surface area contributed by atoms with E-state index < -0.39 is 9.84 Å². The van der Waals surface area contributed by atoms with Gasteiger partial charge in [-0.25, -0.2) is 13.4 Å². The summed E-state index contributed by atoms with van der Waals surface area (Å²) in [6.45, 7) is 2.03. The molecule has 3 rings (SSSR count). The Morgan fingerprint density at radius 2 is 2.09 bits per heavy atom. The highest BCUT2D eigenvalue weighted by molar-refractivity contribution is 7.91. The molecule has 1 atom stereocenters. The minimum atomic E-state index is -2.98. The Kier molecular flexibility index (Phi) is 4.50. The molecule has 0 saturated carbocycles. The first-order valence-corrected chi connectivity index (χ1v) is 10.1. The third kappa shape index (κ3) is 4.17. The number of nitrogens with zero attached hydrogens (tertiary/aromatic N) is 1. The van der Waals surface area contributed by atoms with Crippen molar-refractivity contribution in [1.82, 2.24) is 10.3 Å². The number of rotatable bonds is 4. The molecule has 0 bridgehead atoms. The molecule has 1 N–H and O–H groups in total. The summed E-state index contributed by atoms with van der Waals surface area (Å²) in [5.41, 5.74) is 2.94. The summed E-state index contributed by atoms with van der Waals surface area (Å²) in [5, 5.41) is 5.55. The predicted octanol–water partition coefficient (Wildman–Crippen LogP) is 1.96. The van der Waals surface area contributed by atoms with Gasteiger partial charge in [-0.1, -0.05) is 29.8 Å². The Bertz CT molecular complexity index is 810. The van der Waals surface area contributed by atoms with Crippen LogP contribution in [0.5, 0.6) is 0 Å². The molecular formula is C16H18N2O3S2. The smallest absolute Gasteiger partial charge is 0.226 e. The molecule has 1 aromatic heterocycles. The monoisotopic (exact) mass is 350 g/mol. The number of sulfone groups is 1. The van der Waals surface area contributed by atoms with Crippen LogP contribution in [-0.4, -0.2) is 36.9 Å². The zero-order chi connectivity index (χ0) is 16.4. The topological polar surface area (TPSA) is 76.1 Å². The van der Waals surface area contributed by atoms with E-state index in [1.165, 1.54) is 16.9 Å². The zero-order valence-corrected chi connectivity index (χ0v) is 14.4. The number of nitrogens with one attached hydrogen (secondary N) is 1. The molecule has 122 valence electrons. The minimum absolute atomic E-state index is 0.0461. The molecule has 23 heavy (non-hydrogen) atoms. The summed E-state index contributed by atoms with van der Waals surface area (Å²) >= 11 is 1.51. The molecule has 5 nitrogen and oxygen atoms in total. The van der Waals surface area contributed by atoms with Crippen molar-refractivity contribution in [2.75, 3.05) is 11.5 Å². The number of hydrogen-bond donors (Lipinski definition) is 1. The highest BCUT2D eigenvalue weighted by Crippen LogP contribution is 2.24. The molecule has 2 aromatic rings. The zero-order valence-electron chi connectivity index (χ0n) is 12.8. The van der Waals surface area contributed by atoms with E-state index in [-0.39, 0.29) is 29.9 Å². The van der Waals surface area contributed by atoms with Gasteiger partial charge in [0.25, 0.3) is 0 Å². The lowest BCUT2D eigenvalue weighted by Crippen LogP contribution is -2.36. The number of aromatic nitrogens is 1. The maximum Gasteiger partial charge on any atom is 0.226 e. The van der Waals surface area contributed by atoms with E-state index in [1.807, 2.05) is 36.6 Å². The van der Waals surface area contributed by atoms with Crippen molar-refractivity contribution in [3.05, 3.63) is 40.9 Å². The van der Waals surface area contributed by atoms with Crippen molar-refractivity contribution >= 4 is 27.1 Å². The largest absolute Gasteiger partial charge is 0.352 e. The molecular weight excluding hydrogens is 332 g/mol. The predicted molar refractivity (Wildman–Crippen MR) is 91.2 cm³/mol. The molecule has 2 heterocycles. The molecule has 0 aliphatic carbocycles. The normalized spacial score (nSPS) is 19.6. The Labute approximate surface area is 139 Å². The SMILES string of the molecule is Cc1ccc(-c2nc(CC(=O)NC3CCS(=O)(=O)C3)cs2)cc1. The molecule has 0 spiro atoms. The summed E-state index contributed by atoms with van der Waals surface area (Å²) in [6, 6.07) is 7.83. The maximum absolute atomic E-state index is 12.0. The van der Waals surface area contributed by atoms with Crippen LogP contribution < -0.4 is 5.32 Å². The maximum atomic E-state index is 12.0. The Hall–Kier alpha value is -1.73. The van der Waals surface area contributed by atoms with Gasteiger partial charge < -0.3 is 5.32 Å². The average molecular weight is 350 g/mol. The van der Waals surface area contributed by atoms with Gasteiger partial charge in [0.05, 0.1) is 23.6 Å². The Balaban J connectivity index is 1.60. The number of hydrogen-bond acceptors (Lipinski definition) is 5. The van der Waals surface area contributed by atoms with Crippen LogP contribution in [0.4, 0.5) is 0 Å². The molecule has 0 radical (unpaired) electrons. The first-order chi connectivity index (χ1) is 10.9. The van der Waals surface area contributed by atoms with Crippen molar-refractivity contribution in [3.63, 3.8) is 0 Å². The van der Waals surface area contributed by atoms with Crippen LogP contribution in [0.1, 0.15) is 17.7 Å². The summed E-state index contributed by atoms with van der Waals surface area (Å²) in [7, 11) is -2.98. The van der Waals surface area contributed by atoms with Crippen LogP contribution in [0.3, 0.4) is 0 Å². The van der Waals surface area contributed by atoms with E-state index in [0.717, 1.165) is 10.6 Å². The number of carbonyl (C=O) groups is 1. The molecule has 1 aromatic carbocycles. The lowest BCUT2D eigenvalue weighted by Gasteiger charge is -2.09. The van der Waals surface area contributed by atoms with E-state index in [0.29, 0.717) is 12.1 Å². The van der Waals surface area contributed by atoms with Gasteiger partial charge in [-0.05, 0) is 13.3 Å². The van der Waals surface area contributed by atoms with Gasteiger partial charge in [0, 0.05) is 17.0 Å². The van der Waals surface area contributed by atoms with Crippen molar-refractivity contribution in [3.8, 4) is 10.6 Å². The van der Waals surface area contributed by atoms with Crippen molar-refractivity contribution in [2.45, 2.75) is 25.8 Å². The van der Waals surface area contributed by atoms with Gasteiger partial charge in [0.1, 0.15) is 5.01 Å². The van der Waals surface area contributed by atoms with Crippen LogP contribution in [0.2, 0.25) is 0 Å². The average Bonchev–Trinajstić information content (AvgIpc) is 3.06. The molecule has 1 aliphatic rings. The standard InChI is InChI=1S/C16H18N2O3S2/c1-11-2-4-12(5-3-11)16-18-14(9-22-16)8-15(19)17-13-6-7-23(20,21)10-13/h2-5,9,13H,6-8,10H2,1H3,(H,17,19). The number of carbonyl (C=O) groups excluding carboxylic acids is 1. The summed E-state index contributed by atoms with van der Waals surface area (Å²) < 4.78 is 22.8. The molecule has 1 amide bonds. The van der Waals surface area contributed by atoms with E-state index in [9.17, 15) is 13.2 Å². The van der Waals surface area contributed by atoms with Crippen LogP contribution in [-0.2, 0) is 21.1 Å². The highest BCUT2D eigenvalue weighted by atomic mass is 32.2. The fraction of sp³-hybridized carbons (Fsp3) is 0.375. The minimum Gasteiger partial charge on any atom is -0.352 e. The van der Waals surface area contributed by atoms with Gasteiger partial charge in [-0.15, -0.1) is 11.3 Å². The van der Waals surface area contributed by atoms with E-state index in [4.69, 9.17) is 0 Å². The second kappa shape index (κ2) is 6.41. The molecule has 1 saturated heterocycles. The third-order valence-electron chi connectivity index (χ3n) is 3.79. The van der Waals surface area contributed by atoms with Crippen LogP contribution in [0.15, 0.2) is 29.6 Å². The van der Waals surface area contributed by atoms with Gasteiger partial charge >= 0.3 is 0 Å². The number of thiazole rings is 1. The van der Waals surface area contributed by atoms with Crippen molar-refractivity contribution in [2.24, 2.45) is 0 Å². The second-order valence-corrected chi connectivity index (χ2v) is 8.94. The quantitative estimate of drug-likeness (QED) is 0.915. The number of aryl methyl sites for hydroxylation is 1. The lowest BCUT2D eigenvalue weighted by atomic mass is 10.2. The van der Waals surface area contributed by atoms with Gasteiger partial charge in [0.2, 0.25) is 5.91 Å². The van der Waals surface area contributed by atoms with Crippen LogP contribution >= 0.6 is 11.3 Å². The van der Waals surface area contributed by atoms with Crippen molar-refractivity contribution < 1.29 is 13.2 Å². The first-order valence-electron chi connectivity index (χ1n) is 7.42. The summed E-state index contributed by atoms with van der Waals surface area (Å²) in [4.78, 5) is 16.5. The molecule has 1 aliphatic heterocycles. The second-order valence-electron chi connectivity index (χ2n) is 5.85. The molecule has 1 unspecified atom stereocenters. The highest BCUT2D eigenvalue weighted by Gasteiger charge is 2.28. The third-order valence-corrected chi connectivity index (χ3v) is 6.50. The van der Waals surface area contributed by atoms with Crippen molar-refractivity contribution in [1.29, 1.82) is 0 Å². The van der Waals surface area contributed by atoms with E-state index in [1.54, 1.807) is 0 Å². The van der Waals surface area contributed by atoms with E-state index >= 15 is 0 Å². The van der Waals surface area contributed by atoms with Gasteiger partial charge in [-0.3, -0.25) is 4.79 Å². The summed E-state index contributed by atoms with van der Waals surface area (Å²) in [5.74, 6) is 0.0317. The van der Waals surface area contributed by atoms with Gasteiger partial charge in [0.15, 0.2) is 9.84 Å². The molecule has 1 fully saturated rings. The van der Waals surface area contributed by atoms with E-state index in [2.05, 4.69) is 10.3 Å². The van der Waals surface area contributed by atoms with Crippen LogP contribution in [0, 0.1) is 6.92 Å². The number of amides is 1. The van der Waals surface area contributed by atoms with Gasteiger partial charge in [-0.2, -0.15) is 0 Å². The fourth-order valence-corrected chi connectivity index (χ4v) is 5.07. The first kappa shape index (κ1) is 16.1. The van der Waals surface area contributed by atoms with Crippen LogP contribution in [0.25, 0.3) is 10.6 Å². The number of benzene rings is 1. The molecule has 7 heteroatoms. The Morgan fingerprint density at radius 3 is 2.74 bits per heavy atom. The Morgan fingerprint density at radius 1 is 1.35 bits per heavy atom. The fourth-order valence-electron chi connectivity index (χ4n) is 2.57. The lowest BCUT2D eigenvalue weighted by molar-refractivity contribution is -0.121.